The molecule has 0 fully saturated rings. The summed E-state index contributed by atoms with van der Waals surface area (Å²) in [6, 6.07) is 18.6. The second-order valence-corrected chi connectivity index (χ2v) is 7.27. The van der Waals surface area contributed by atoms with Crippen molar-refractivity contribution < 1.29 is 32.9 Å². The van der Waals surface area contributed by atoms with E-state index in [-0.39, 0.29) is 19.8 Å². The average molecular weight is 451 g/mol. The Bertz CT molecular complexity index is 1150. The van der Waals surface area contributed by atoms with Crippen molar-refractivity contribution in [2.45, 2.75) is 19.5 Å². The minimum Gasteiger partial charge on any atom is -0.496 e. The standard InChI is InChI=1S/C25H22FNO6/c1-30-21-10-6-5-9-20(21)24(29)27-13-22(28)31-14-17-11-19(26)12-18-15-32-25(33-23(17)18)16-7-3-2-4-8-16/h2-12,25H,13-15H2,1H3,(H,27,29). The maximum Gasteiger partial charge on any atom is 0.325 e. The van der Waals surface area contributed by atoms with Gasteiger partial charge in [-0.2, -0.15) is 0 Å². The number of rotatable bonds is 7. The summed E-state index contributed by atoms with van der Waals surface area (Å²) in [4.78, 5) is 24.5. The van der Waals surface area contributed by atoms with E-state index in [1.165, 1.54) is 19.2 Å². The van der Waals surface area contributed by atoms with Crippen LogP contribution in [0.2, 0.25) is 0 Å². The van der Waals surface area contributed by atoms with Crippen LogP contribution in [-0.2, 0) is 27.5 Å². The van der Waals surface area contributed by atoms with E-state index >= 15 is 0 Å². The van der Waals surface area contributed by atoms with Gasteiger partial charge < -0.3 is 24.3 Å². The summed E-state index contributed by atoms with van der Waals surface area (Å²) < 4.78 is 36.2. The first-order valence-corrected chi connectivity index (χ1v) is 10.3. The second kappa shape index (κ2) is 10.1. The fourth-order valence-corrected chi connectivity index (χ4v) is 3.45. The molecule has 1 N–H and O–H groups in total. The van der Waals surface area contributed by atoms with E-state index in [0.717, 1.165) is 5.56 Å². The third kappa shape index (κ3) is 5.30. The number of carbonyl (C=O) groups is 2. The van der Waals surface area contributed by atoms with Gasteiger partial charge in [-0.3, -0.25) is 9.59 Å². The Balaban J connectivity index is 1.39. The second-order valence-electron chi connectivity index (χ2n) is 7.27. The number of para-hydroxylation sites is 1. The summed E-state index contributed by atoms with van der Waals surface area (Å²) in [6.45, 7) is -0.418. The highest BCUT2D eigenvalue weighted by molar-refractivity contribution is 5.98. The molecule has 7 nitrogen and oxygen atoms in total. The van der Waals surface area contributed by atoms with Crippen molar-refractivity contribution in [3.63, 3.8) is 0 Å². The van der Waals surface area contributed by atoms with E-state index < -0.39 is 24.0 Å². The zero-order valence-corrected chi connectivity index (χ0v) is 17.9. The third-order valence-electron chi connectivity index (χ3n) is 5.03. The normalized spacial score (nSPS) is 14.5. The van der Waals surface area contributed by atoms with E-state index in [9.17, 15) is 14.0 Å². The molecule has 0 saturated heterocycles. The lowest BCUT2D eigenvalue weighted by atomic mass is 10.1. The average Bonchev–Trinajstić information content (AvgIpc) is 2.86. The number of methoxy groups -OCH3 is 1. The van der Waals surface area contributed by atoms with Gasteiger partial charge in [0.1, 0.15) is 30.5 Å². The summed E-state index contributed by atoms with van der Waals surface area (Å²) in [5, 5.41) is 2.49. The summed E-state index contributed by atoms with van der Waals surface area (Å²) in [7, 11) is 1.45. The molecular formula is C25H22FNO6. The Labute approximate surface area is 190 Å². The highest BCUT2D eigenvalue weighted by Gasteiger charge is 2.25. The van der Waals surface area contributed by atoms with Crippen molar-refractivity contribution in [1.29, 1.82) is 0 Å². The molecule has 0 aliphatic carbocycles. The molecule has 1 unspecified atom stereocenters. The van der Waals surface area contributed by atoms with Crippen molar-refractivity contribution in [1.82, 2.24) is 5.32 Å². The highest BCUT2D eigenvalue weighted by atomic mass is 19.1. The van der Waals surface area contributed by atoms with Crippen LogP contribution in [0.3, 0.4) is 0 Å². The minimum atomic E-state index is -0.678. The van der Waals surface area contributed by atoms with Crippen LogP contribution < -0.4 is 14.8 Å². The predicted octanol–water partition coefficient (Wildman–Crippen LogP) is 3.92. The van der Waals surface area contributed by atoms with Crippen molar-refractivity contribution in [3.05, 3.63) is 94.8 Å². The smallest absolute Gasteiger partial charge is 0.325 e. The van der Waals surface area contributed by atoms with E-state index in [1.807, 2.05) is 30.3 Å². The number of amides is 1. The van der Waals surface area contributed by atoms with Gasteiger partial charge in [0.15, 0.2) is 0 Å². The van der Waals surface area contributed by atoms with Crippen molar-refractivity contribution >= 4 is 11.9 Å². The molecule has 0 spiro atoms. The van der Waals surface area contributed by atoms with Crippen LogP contribution in [0.4, 0.5) is 4.39 Å². The lowest BCUT2D eigenvalue weighted by Gasteiger charge is -2.28. The van der Waals surface area contributed by atoms with Gasteiger partial charge in [-0.1, -0.05) is 42.5 Å². The lowest BCUT2D eigenvalue weighted by Crippen LogP contribution is -2.31. The Morgan fingerprint density at radius 2 is 1.85 bits per heavy atom. The number of esters is 1. The van der Waals surface area contributed by atoms with Gasteiger partial charge in [0.05, 0.1) is 19.3 Å². The first-order valence-electron chi connectivity index (χ1n) is 10.3. The van der Waals surface area contributed by atoms with Crippen molar-refractivity contribution in [2.75, 3.05) is 13.7 Å². The Hall–Kier alpha value is -3.91. The quantitative estimate of drug-likeness (QED) is 0.549. The van der Waals surface area contributed by atoms with Gasteiger partial charge in [0, 0.05) is 16.7 Å². The number of ether oxygens (including phenoxy) is 4. The van der Waals surface area contributed by atoms with Crippen LogP contribution in [0.25, 0.3) is 0 Å². The van der Waals surface area contributed by atoms with Crippen LogP contribution in [0, 0.1) is 5.82 Å². The SMILES string of the molecule is COc1ccccc1C(=O)NCC(=O)OCc1cc(F)cc2c1OC(c1ccccc1)OC2. The number of carbonyl (C=O) groups excluding carboxylic acids is 2. The van der Waals surface area contributed by atoms with Gasteiger partial charge in [-0.15, -0.1) is 0 Å². The fraction of sp³-hybridized carbons (Fsp3) is 0.200. The molecule has 170 valence electrons. The van der Waals surface area contributed by atoms with Gasteiger partial charge >= 0.3 is 5.97 Å². The van der Waals surface area contributed by atoms with Crippen molar-refractivity contribution in [2.24, 2.45) is 0 Å². The number of hydrogen-bond acceptors (Lipinski definition) is 6. The molecule has 1 heterocycles. The Morgan fingerprint density at radius 3 is 2.64 bits per heavy atom. The molecule has 8 heteroatoms. The molecule has 1 amide bonds. The van der Waals surface area contributed by atoms with Crippen LogP contribution in [0.5, 0.6) is 11.5 Å². The lowest BCUT2D eigenvalue weighted by molar-refractivity contribution is -0.144. The number of nitrogens with one attached hydrogen (secondary N) is 1. The maximum atomic E-state index is 14.1. The zero-order valence-electron chi connectivity index (χ0n) is 17.9. The van der Waals surface area contributed by atoms with E-state index in [4.69, 9.17) is 18.9 Å². The fourth-order valence-electron chi connectivity index (χ4n) is 3.45. The largest absolute Gasteiger partial charge is 0.496 e. The van der Waals surface area contributed by atoms with E-state index in [1.54, 1.807) is 24.3 Å². The molecule has 3 aromatic rings. The highest BCUT2D eigenvalue weighted by Crippen LogP contribution is 2.36. The molecule has 4 rings (SSSR count). The van der Waals surface area contributed by atoms with E-state index in [0.29, 0.717) is 28.2 Å². The predicted molar refractivity (Wildman–Crippen MR) is 116 cm³/mol. The number of hydrogen-bond donors (Lipinski definition) is 1. The van der Waals surface area contributed by atoms with E-state index in [2.05, 4.69) is 5.32 Å². The molecular weight excluding hydrogens is 429 g/mol. The van der Waals surface area contributed by atoms with Crippen LogP contribution in [0.1, 0.15) is 33.3 Å². The van der Waals surface area contributed by atoms with Crippen molar-refractivity contribution in [3.8, 4) is 11.5 Å². The van der Waals surface area contributed by atoms with Gasteiger partial charge in [0.25, 0.3) is 5.91 Å². The molecule has 33 heavy (non-hydrogen) atoms. The zero-order chi connectivity index (χ0) is 23.2. The Morgan fingerprint density at radius 1 is 1.09 bits per heavy atom. The van der Waals surface area contributed by atoms with Gasteiger partial charge in [-0.25, -0.2) is 4.39 Å². The maximum absolute atomic E-state index is 14.1. The minimum absolute atomic E-state index is 0.155. The van der Waals surface area contributed by atoms with Crippen LogP contribution >= 0.6 is 0 Å². The molecule has 3 aromatic carbocycles. The number of halogens is 1. The molecule has 0 radical (unpaired) electrons. The van der Waals surface area contributed by atoms with Gasteiger partial charge in [-0.05, 0) is 24.3 Å². The summed E-state index contributed by atoms with van der Waals surface area (Å²) in [5.74, 6) is -0.833. The molecule has 0 saturated carbocycles. The summed E-state index contributed by atoms with van der Waals surface area (Å²) in [6.07, 6.45) is -0.654. The monoisotopic (exact) mass is 451 g/mol. The third-order valence-corrected chi connectivity index (χ3v) is 5.03. The van der Waals surface area contributed by atoms with Crippen LogP contribution in [0.15, 0.2) is 66.7 Å². The number of benzene rings is 3. The summed E-state index contributed by atoms with van der Waals surface area (Å²) in [5.41, 5.74) is 2.01. The van der Waals surface area contributed by atoms with Crippen LogP contribution in [-0.4, -0.2) is 25.5 Å². The first-order chi connectivity index (χ1) is 16.0. The first kappa shape index (κ1) is 22.3. The molecule has 1 aliphatic heterocycles. The summed E-state index contributed by atoms with van der Waals surface area (Å²) >= 11 is 0. The Kier molecular flexibility index (Phi) is 6.85. The molecule has 0 aromatic heterocycles. The molecule has 1 atom stereocenters. The number of fused-ring (bicyclic) bond motifs is 1. The topological polar surface area (TPSA) is 83.1 Å². The molecule has 0 bridgehead atoms. The molecule has 1 aliphatic rings. The van der Waals surface area contributed by atoms with Gasteiger partial charge in [0.2, 0.25) is 6.29 Å².